The van der Waals surface area contributed by atoms with Crippen LogP contribution in [0.5, 0.6) is 0 Å². The van der Waals surface area contributed by atoms with E-state index in [1.54, 1.807) is 4.90 Å². The molecule has 27 heavy (non-hydrogen) atoms. The standard InChI is InChI=1S/C19H29N3O5/c1-13-6-2-4-8-19(13)17(24)22(18(25)20-19)12-15(23)21-9-5-3-7-14(21)16-26-10-11-27-16/h13-14,16H,2-12H2,1H3,(H,20,25)/t13-,14+,19+/m1/s1. The maximum absolute atomic E-state index is 13.1. The molecule has 0 aromatic carbocycles. The number of hydrogen-bond acceptors (Lipinski definition) is 5. The van der Waals surface area contributed by atoms with Gasteiger partial charge in [-0.05, 0) is 38.0 Å². The van der Waals surface area contributed by atoms with Crippen molar-refractivity contribution in [3.8, 4) is 0 Å². The van der Waals surface area contributed by atoms with Crippen molar-refractivity contribution in [2.45, 2.75) is 69.7 Å². The summed E-state index contributed by atoms with van der Waals surface area (Å²) in [5, 5.41) is 2.91. The zero-order chi connectivity index (χ0) is 19.0. The van der Waals surface area contributed by atoms with Crippen LogP contribution in [0.2, 0.25) is 0 Å². The van der Waals surface area contributed by atoms with E-state index in [0.717, 1.165) is 43.4 Å². The Balaban J connectivity index is 1.46. The first-order chi connectivity index (χ1) is 13.0. The number of ether oxygens (including phenoxy) is 2. The lowest BCUT2D eigenvalue weighted by molar-refractivity contribution is -0.153. The third-order valence-electron chi connectivity index (χ3n) is 6.63. The van der Waals surface area contributed by atoms with Crippen LogP contribution in [0.1, 0.15) is 51.9 Å². The number of likely N-dealkylation sites (tertiary alicyclic amines) is 1. The molecule has 4 amide bonds. The van der Waals surface area contributed by atoms with Gasteiger partial charge >= 0.3 is 6.03 Å². The SMILES string of the molecule is C[C@@H]1CCCC[C@]12NC(=O)N(CC(=O)N1CCCC[C@H]1C1OCCO1)C2=O. The number of carbonyl (C=O) groups excluding carboxylic acids is 3. The van der Waals surface area contributed by atoms with Crippen LogP contribution in [0, 0.1) is 5.92 Å². The Morgan fingerprint density at radius 1 is 1.15 bits per heavy atom. The van der Waals surface area contributed by atoms with Crippen LogP contribution in [0.25, 0.3) is 0 Å². The Labute approximate surface area is 159 Å². The van der Waals surface area contributed by atoms with Crippen molar-refractivity contribution in [1.82, 2.24) is 15.1 Å². The third-order valence-corrected chi connectivity index (χ3v) is 6.63. The lowest BCUT2D eigenvalue weighted by Crippen LogP contribution is -2.55. The monoisotopic (exact) mass is 379 g/mol. The topological polar surface area (TPSA) is 88.2 Å². The fourth-order valence-corrected chi connectivity index (χ4v) is 5.01. The Kier molecular flexibility index (Phi) is 5.11. The fraction of sp³-hybridized carbons (Fsp3) is 0.842. The minimum absolute atomic E-state index is 0.0887. The van der Waals surface area contributed by atoms with E-state index in [2.05, 4.69) is 5.32 Å². The molecular weight excluding hydrogens is 350 g/mol. The van der Waals surface area contributed by atoms with Gasteiger partial charge in [0.25, 0.3) is 5.91 Å². The number of hydrogen-bond donors (Lipinski definition) is 1. The second-order valence-corrected chi connectivity index (χ2v) is 8.20. The zero-order valence-corrected chi connectivity index (χ0v) is 15.9. The molecule has 1 N–H and O–H groups in total. The predicted octanol–water partition coefficient (Wildman–Crippen LogP) is 1.24. The molecule has 0 bridgehead atoms. The van der Waals surface area contributed by atoms with E-state index in [0.29, 0.717) is 26.2 Å². The van der Waals surface area contributed by atoms with Gasteiger partial charge in [-0.1, -0.05) is 19.8 Å². The number of nitrogens with one attached hydrogen (secondary N) is 1. The number of carbonyl (C=O) groups is 3. The van der Waals surface area contributed by atoms with Crippen molar-refractivity contribution in [3.63, 3.8) is 0 Å². The van der Waals surface area contributed by atoms with Gasteiger partial charge in [0.15, 0.2) is 6.29 Å². The first kappa shape index (κ1) is 18.7. The lowest BCUT2D eigenvalue weighted by atomic mass is 9.73. The molecule has 1 spiro atoms. The van der Waals surface area contributed by atoms with E-state index in [1.807, 2.05) is 6.92 Å². The van der Waals surface area contributed by atoms with E-state index in [9.17, 15) is 14.4 Å². The maximum Gasteiger partial charge on any atom is 0.325 e. The first-order valence-electron chi connectivity index (χ1n) is 10.2. The summed E-state index contributed by atoms with van der Waals surface area (Å²) in [5.41, 5.74) is -0.825. The van der Waals surface area contributed by atoms with Crippen molar-refractivity contribution in [2.24, 2.45) is 5.92 Å². The molecule has 3 saturated heterocycles. The largest absolute Gasteiger partial charge is 0.348 e. The van der Waals surface area contributed by atoms with Crippen LogP contribution >= 0.6 is 0 Å². The molecule has 1 aliphatic carbocycles. The van der Waals surface area contributed by atoms with E-state index >= 15 is 0 Å². The summed E-state index contributed by atoms with van der Waals surface area (Å²) in [6.45, 7) is 3.49. The van der Waals surface area contributed by atoms with Gasteiger partial charge in [-0.3, -0.25) is 14.5 Å². The van der Waals surface area contributed by atoms with Crippen LogP contribution in [0.15, 0.2) is 0 Å². The van der Waals surface area contributed by atoms with Gasteiger partial charge in [-0.25, -0.2) is 4.79 Å². The van der Waals surface area contributed by atoms with Gasteiger partial charge in [0.05, 0.1) is 19.3 Å². The van der Waals surface area contributed by atoms with E-state index in [-0.39, 0.29) is 30.3 Å². The molecule has 1 saturated carbocycles. The Morgan fingerprint density at radius 3 is 2.63 bits per heavy atom. The number of amides is 4. The van der Waals surface area contributed by atoms with Gasteiger partial charge in [-0.2, -0.15) is 0 Å². The highest BCUT2D eigenvalue weighted by molar-refractivity contribution is 6.09. The van der Waals surface area contributed by atoms with Crippen LogP contribution < -0.4 is 5.32 Å². The summed E-state index contributed by atoms with van der Waals surface area (Å²) < 4.78 is 11.2. The minimum Gasteiger partial charge on any atom is -0.348 e. The van der Waals surface area contributed by atoms with E-state index in [1.165, 1.54) is 0 Å². The minimum atomic E-state index is -0.825. The van der Waals surface area contributed by atoms with Gasteiger partial charge < -0.3 is 19.7 Å². The normalized spacial score (nSPS) is 35.1. The fourth-order valence-electron chi connectivity index (χ4n) is 5.01. The summed E-state index contributed by atoms with van der Waals surface area (Å²) in [6.07, 6.45) is 5.90. The maximum atomic E-state index is 13.1. The highest BCUT2D eigenvalue weighted by atomic mass is 16.7. The molecule has 4 rings (SSSR count). The highest BCUT2D eigenvalue weighted by Crippen LogP contribution is 2.38. The third kappa shape index (κ3) is 3.23. The molecule has 0 radical (unpaired) electrons. The lowest BCUT2D eigenvalue weighted by Gasteiger charge is -2.39. The second-order valence-electron chi connectivity index (χ2n) is 8.20. The summed E-state index contributed by atoms with van der Waals surface area (Å²) in [5.74, 6) is -0.358. The quantitative estimate of drug-likeness (QED) is 0.746. The summed E-state index contributed by atoms with van der Waals surface area (Å²) in [6, 6.07) is -0.582. The molecule has 8 nitrogen and oxygen atoms in total. The van der Waals surface area contributed by atoms with Crippen LogP contribution in [0.3, 0.4) is 0 Å². The molecule has 0 unspecified atom stereocenters. The number of piperidine rings is 1. The average Bonchev–Trinajstić information content (AvgIpc) is 3.28. The van der Waals surface area contributed by atoms with Gasteiger partial charge in [-0.15, -0.1) is 0 Å². The highest BCUT2D eigenvalue weighted by Gasteiger charge is 2.55. The number of urea groups is 1. The molecule has 4 aliphatic rings. The molecule has 3 aliphatic heterocycles. The molecule has 4 fully saturated rings. The Hall–Kier alpha value is -1.67. The van der Waals surface area contributed by atoms with Crippen LogP contribution in [0.4, 0.5) is 4.79 Å². The van der Waals surface area contributed by atoms with Crippen molar-refractivity contribution in [3.05, 3.63) is 0 Å². The number of imide groups is 1. The molecule has 3 heterocycles. The van der Waals surface area contributed by atoms with Gasteiger partial charge in [0.1, 0.15) is 12.1 Å². The molecule has 8 heteroatoms. The molecular formula is C19H29N3O5. The van der Waals surface area contributed by atoms with E-state index < -0.39 is 17.9 Å². The zero-order valence-electron chi connectivity index (χ0n) is 15.9. The Morgan fingerprint density at radius 2 is 1.89 bits per heavy atom. The second kappa shape index (κ2) is 7.39. The summed E-state index contributed by atoms with van der Waals surface area (Å²) in [4.78, 5) is 41.5. The summed E-state index contributed by atoms with van der Waals surface area (Å²) in [7, 11) is 0. The van der Waals surface area contributed by atoms with Crippen LogP contribution in [-0.4, -0.2) is 71.8 Å². The number of rotatable bonds is 3. The molecule has 150 valence electrons. The van der Waals surface area contributed by atoms with E-state index in [4.69, 9.17) is 9.47 Å². The Bertz CT molecular complexity index is 620. The molecule has 0 aromatic rings. The van der Waals surface area contributed by atoms with Crippen molar-refractivity contribution >= 4 is 17.8 Å². The molecule has 0 aromatic heterocycles. The smallest absolute Gasteiger partial charge is 0.325 e. The van der Waals surface area contributed by atoms with Crippen molar-refractivity contribution in [2.75, 3.05) is 26.3 Å². The van der Waals surface area contributed by atoms with Gasteiger partial charge in [0.2, 0.25) is 5.91 Å². The predicted molar refractivity (Wildman–Crippen MR) is 95.7 cm³/mol. The average molecular weight is 379 g/mol. The van der Waals surface area contributed by atoms with Crippen molar-refractivity contribution in [1.29, 1.82) is 0 Å². The number of nitrogens with zero attached hydrogens (tertiary/aromatic N) is 2. The van der Waals surface area contributed by atoms with Crippen LogP contribution in [-0.2, 0) is 19.1 Å². The summed E-state index contributed by atoms with van der Waals surface area (Å²) >= 11 is 0. The first-order valence-corrected chi connectivity index (χ1v) is 10.2. The van der Waals surface area contributed by atoms with Crippen molar-refractivity contribution < 1.29 is 23.9 Å². The molecule has 3 atom stereocenters. The van der Waals surface area contributed by atoms with Gasteiger partial charge in [0, 0.05) is 6.54 Å².